The first-order chi connectivity index (χ1) is 7.72. The molecule has 0 radical (unpaired) electrons. The van der Waals surface area contributed by atoms with Gasteiger partial charge in [0.15, 0.2) is 5.65 Å². The zero-order chi connectivity index (χ0) is 11.5. The lowest BCUT2D eigenvalue weighted by molar-refractivity contribution is -0.106. The Balaban J connectivity index is 2.41. The van der Waals surface area contributed by atoms with Crippen LogP contribution in [-0.4, -0.2) is 33.3 Å². The summed E-state index contributed by atoms with van der Waals surface area (Å²) in [4.78, 5) is 29.7. The summed E-state index contributed by atoms with van der Waals surface area (Å²) in [7, 11) is 0. The highest BCUT2D eigenvalue weighted by Crippen LogP contribution is 2.13. The van der Waals surface area contributed by atoms with Crippen LogP contribution in [0.1, 0.15) is 11.7 Å². The number of nitrogens with zero attached hydrogens (tertiary/aromatic N) is 3. The first-order valence-electron chi connectivity index (χ1n) is 4.75. The fourth-order valence-corrected chi connectivity index (χ4v) is 1.40. The fourth-order valence-electron chi connectivity index (χ4n) is 1.40. The quantitative estimate of drug-likeness (QED) is 0.767. The van der Waals surface area contributed by atoms with E-state index in [4.69, 9.17) is 0 Å². The number of hydrogen-bond acceptors (Lipinski definition) is 5. The van der Waals surface area contributed by atoms with E-state index >= 15 is 0 Å². The standard InChI is InChI=1S/C10H10N4O2/c1-7(16)14-4-2-8-10(14)12-6-9(13-8)11-3-5-15/h2,4-6H,3H2,1H3,(H,11,13). The van der Waals surface area contributed by atoms with Crippen LogP contribution in [0.2, 0.25) is 0 Å². The van der Waals surface area contributed by atoms with Crippen molar-refractivity contribution in [2.75, 3.05) is 11.9 Å². The molecule has 0 amide bonds. The predicted octanol–water partition coefficient (Wildman–Crippen LogP) is 0.702. The highest BCUT2D eigenvalue weighted by atomic mass is 16.1. The van der Waals surface area contributed by atoms with E-state index in [2.05, 4.69) is 15.3 Å². The average molecular weight is 218 g/mol. The Bertz CT molecular complexity index is 547. The van der Waals surface area contributed by atoms with Gasteiger partial charge in [-0.25, -0.2) is 9.97 Å². The number of hydrogen-bond donors (Lipinski definition) is 1. The second-order valence-corrected chi connectivity index (χ2v) is 3.22. The summed E-state index contributed by atoms with van der Waals surface area (Å²) in [6, 6.07) is 1.70. The van der Waals surface area contributed by atoms with Crippen LogP contribution in [0.4, 0.5) is 5.82 Å². The van der Waals surface area contributed by atoms with E-state index in [9.17, 15) is 9.59 Å². The normalized spacial score (nSPS) is 10.3. The third-order valence-corrected chi connectivity index (χ3v) is 2.09. The summed E-state index contributed by atoms with van der Waals surface area (Å²) in [5.41, 5.74) is 1.13. The van der Waals surface area contributed by atoms with Crippen LogP contribution in [-0.2, 0) is 4.79 Å². The van der Waals surface area contributed by atoms with Crippen LogP contribution in [0.15, 0.2) is 18.5 Å². The van der Waals surface area contributed by atoms with E-state index < -0.39 is 0 Å². The van der Waals surface area contributed by atoms with Crippen LogP contribution in [0.5, 0.6) is 0 Å². The van der Waals surface area contributed by atoms with Gasteiger partial charge in [-0.3, -0.25) is 9.36 Å². The van der Waals surface area contributed by atoms with E-state index in [1.807, 2.05) is 0 Å². The molecule has 0 aliphatic rings. The molecule has 0 aromatic carbocycles. The molecule has 2 rings (SSSR count). The average Bonchev–Trinajstić information content (AvgIpc) is 2.69. The molecule has 0 bridgehead atoms. The molecule has 0 atom stereocenters. The van der Waals surface area contributed by atoms with Crippen molar-refractivity contribution in [3.05, 3.63) is 18.5 Å². The minimum absolute atomic E-state index is 0.113. The van der Waals surface area contributed by atoms with E-state index in [-0.39, 0.29) is 12.5 Å². The van der Waals surface area contributed by atoms with Crippen molar-refractivity contribution in [2.45, 2.75) is 6.92 Å². The zero-order valence-electron chi connectivity index (χ0n) is 8.67. The summed E-state index contributed by atoms with van der Waals surface area (Å²) >= 11 is 0. The number of anilines is 1. The lowest BCUT2D eigenvalue weighted by atomic mass is 10.5. The van der Waals surface area contributed by atoms with Gasteiger partial charge in [-0.1, -0.05) is 0 Å². The van der Waals surface area contributed by atoms with Crippen molar-refractivity contribution in [3.63, 3.8) is 0 Å². The fraction of sp³-hybridized carbons (Fsp3) is 0.200. The Labute approximate surface area is 91.3 Å². The minimum Gasteiger partial charge on any atom is -0.362 e. The smallest absolute Gasteiger partial charge is 0.229 e. The molecule has 0 saturated heterocycles. The number of carbonyl (C=O) groups excluding carboxylic acids is 2. The van der Waals surface area contributed by atoms with Gasteiger partial charge >= 0.3 is 0 Å². The van der Waals surface area contributed by atoms with Crippen molar-refractivity contribution in [2.24, 2.45) is 0 Å². The van der Waals surface area contributed by atoms with Crippen LogP contribution < -0.4 is 5.32 Å². The number of nitrogens with one attached hydrogen (secondary N) is 1. The monoisotopic (exact) mass is 218 g/mol. The van der Waals surface area contributed by atoms with Crippen molar-refractivity contribution in [1.82, 2.24) is 14.5 Å². The maximum atomic E-state index is 11.2. The van der Waals surface area contributed by atoms with Crippen molar-refractivity contribution in [1.29, 1.82) is 0 Å². The number of aromatic nitrogens is 3. The third kappa shape index (κ3) is 1.77. The number of fused-ring (bicyclic) bond motifs is 1. The van der Waals surface area contributed by atoms with Crippen molar-refractivity contribution in [3.8, 4) is 0 Å². The Morgan fingerprint density at radius 3 is 3.12 bits per heavy atom. The van der Waals surface area contributed by atoms with Gasteiger partial charge in [-0.15, -0.1) is 0 Å². The molecule has 2 aromatic heterocycles. The molecule has 0 saturated carbocycles. The first-order valence-corrected chi connectivity index (χ1v) is 4.75. The molecule has 0 unspecified atom stereocenters. The first kappa shape index (κ1) is 10.3. The van der Waals surface area contributed by atoms with Gasteiger partial charge in [0.1, 0.15) is 17.6 Å². The van der Waals surface area contributed by atoms with Crippen LogP contribution in [0.3, 0.4) is 0 Å². The molecule has 1 N–H and O–H groups in total. The highest BCUT2D eigenvalue weighted by Gasteiger charge is 2.07. The van der Waals surface area contributed by atoms with Gasteiger partial charge in [-0.2, -0.15) is 0 Å². The Kier molecular flexibility index (Phi) is 2.63. The van der Waals surface area contributed by atoms with Crippen LogP contribution >= 0.6 is 0 Å². The topological polar surface area (TPSA) is 76.9 Å². The van der Waals surface area contributed by atoms with Gasteiger partial charge in [-0.05, 0) is 6.07 Å². The van der Waals surface area contributed by atoms with Gasteiger partial charge < -0.3 is 10.1 Å². The molecule has 16 heavy (non-hydrogen) atoms. The lowest BCUT2D eigenvalue weighted by Gasteiger charge is -2.01. The van der Waals surface area contributed by atoms with E-state index in [1.165, 1.54) is 17.7 Å². The van der Waals surface area contributed by atoms with Crippen molar-refractivity contribution >= 4 is 29.2 Å². The SMILES string of the molecule is CC(=O)n1ccc2nc(NCC=O)cnc21. The van der Waals surface area contributed by atoms with E-state index in [1.54, 1.807) is 12.3 Å². The Hall–Kier alpha value is -2.24. The van der Waals surface area contributed by atoms with Gasteiger partial charge in [0.05, 0.1) is 12.7 Å². The second kappa shape index (κ2) is 4.09. The van der Waals surface area contributed by atoms with Crippen LogP contribution in [0, 0.1) is 0 Å². The zero-order valence-corrected chi connectivity index (χ0v) is 8.67. The van der Waals surface area contributed by atoms with E-state index in [0.29, 0.717) is 17.0 Å². The molecule has 0 aliphatic carbocycles. The summed E-state index contributed by atoms with van der Waals surface area (Å²) < 4.78 is 1.42. The number of rotatable bonds is 3. The third-order valence-electron chi connectivity index (χ3n) is 2.09. The molecule has 6 nitrogen and oxygen atoms in total. The molecule has 0 aliphatic heterocycles. The predicted molar refractivity (Wildman–Crippen MR) is 58.4 cm³/mol. The molecule has 2 heterocycles. The van der Waals surface area contributed by atoms with Gasteiger partial charge in [0.25, 0.3) is 0 Å². The van der Waals surface area contributed by atoms with Gasteiger partial charge in [0, 0.05) is 13.1 Å². The molecule has 82 valence electrons. The maximum absolute atomic E-state index is 11.2. The van der Waals surface area contributed by atoms with Gasteiger partial charge in [0.2, 0.25) is 5.91 Å². The molecule has 0 spiro atoms. The Morgan fingerprint density at radius 2 is 2.44 bits per heavy atom. The maximum Gasteiger partial charge on any atom is 0.229 e. The largest absolute Gasteiger partial charge is 0.362 e. The summed E-state index contributed by atoms with van der Waals surface area (Å²) in [6.45, 7) is 1.65. The number of aldehydes is 1. The molecule has 2 aromatic rings. The summed E-state index contributed by atoms with van der Waals surface area (Å²) in [6.07, 6.45) is 3.86. The van der Waals surface area contributed by atoms with Crippen LogP contribution in [0.25, 0.3) is 11.2 Å². The second-order valence-electron chi connectivity index (χ2n) is 3.22. The molecule has 6 heteroatoms. The molecule has 0 fully saturated rings. The minimum atomic E-state index is -0.113. The summed E-state index contributed by atoms with van der Waals surface area (Å²) in [5, 5.41) is 2.79. The molecular weight excluding hydrogens is 208 g/mol. The molecular formula is C10H10N4O2. The lowest BCUT2D eigenvalue weighted by Crippen LogP contribution is -2.07. The highest BCUT2D eigenvalue weighted by molar-refractivity contribution is 5.87. The van der Waals surface area contributed by atoms with Crippen molar-refractivity contribution < 1.29 is 9.59 Å². The number of carbonyl (C=O) groups is 2. The van der Waals surface area contributed by atoms with E-state index in [0.717, 1.165) is 6.29 Å². The Morgan fingerprint density at radius 1 is 1.62 bits per heavy atom. The summed E-state index contributed by atoms with van der Waals surface area (Å²) in [5.74, 6) is 0.402.